The summed E-state index contributed by atoms with van der Waals surface area (Å²) in [5, 5.41) is 7.87. The number of hydrogen-bond donors (Lipinski definition) is 1. The maximum absolute atomic E-state index is 11.3. The van der Waals surface area contributed by atoms with E-state index in [1.165, 1.54) is 0 Å². The molecule has 1 unspecified atom stereocenters. The van der Waals surface area contributed by atoms with E-state index in [4.69, 9.17) is 5.73 Å². The van der Waals surface area contributed by atoms with Crippen molar-refractivity contribution in [2.45, 2.75) is 18.9 Å². The van der Waals surface area contributed by atoms with Crippen LogP contribution in [0.3, 0.4) is 0 Å². The second kappa shape index (κ2) is 3.90. The van der Waals surface area contributed by atoms with Gasteiger partial charge in [0.1, 0.15) is 0 Å². The van der Waals surface area contributed by atoms with Crippen LogP contribution in [0.15, 0.2) is 6.20 Å². The molecule has 7 heteroatoms. The van der Waals surface area contributed by atoms with E-state index in [-0.39, 0.29) is 17.5 Å². The molecule has 0 aromatic carbocycles. The maximum atomic E-state index is 11.3. The van der Waals surface area contributed by atoms with Gasteiger partial charge in [0.05, 0.1) is 23.2 Å². The lowest BCUT2D eigenvalue weighted by atomic mass is 10.2. The molecule has 1 aliphatic heterocycles. The number of nitrogens with two attached hydrogens (primary N) is 1. The summed E-state index contributed by atoms with van der Waals surface area (Å²) in [4.78, 5) is 0. The van der Waals surface area contributed by atoms with Crippen LogP contribution in [-0.2, 0) is 16.3 Å². The molecule has 6 nitrogen and oxygen atoms in total. The van der Waals surface area contributed by atoms with E-state index in [9.17, 15) is 8.42 Å². The summed E-state index contributed by atoms with van der Waals surface area (Å²) in [5.74, 6) is 0.433. The monoisotopic (exact) mass is 230 g/mol. The first-order chi connectivity index (χ1) is 7.11. The Kier molecular flexibility index (Phi) is 2.74. The zero-order chi connectivity index (χ0) is 10.9. The Morgan fingerprint density at radius 1 is 1.60 bits per heavy atom. The van der Waals surface area contributed by atoms with Crippen molar-refractivity contribution in [3.63, 3.8) is 0 Å². The molecule has 2 N–H and O–H groups in total. The zero-order valence-electron chi connectivity index (χ0n) is 8.33. The maximum Gasteiger partial charge on any atom is 0.152 e. The Morgan fingerprint density at radius 3 is 3.00 bits per heavy atom. The molecule has 84 valence electrons. The first kappa shape index (κ1) is 10.6. The molecule has 1 fully saturated rings. The third-order valence-corrected chi connectivity index (χ3v) is 4.29. The third kappa shape index (κ3) is 2.35. The van der Waals surface area contributed by atoms with Gasteiger partial charge in [0.15, 0.2) is 9.84 Å². The average Bonchev–Trinajstić information content (AvgIpc) is 2.73. The van der Waals surface area contributed by atoms with Crippen LogP contribution in [0.5, 0.6) is 0 Å². The molecule has 0 aliphatic carbocycles. The van der Waals surface area contributed by atoms with Crippen LogP contribution in [-0.4, -0.2) is 41.5 Å². The standard InChI is InChI=1S/C8H14N4O2S/c9-3-1-7-5-12(11-10-7)8-2-4-15(13,14)6-8/h5,8H,1-4,6,9H2. The molecule has 1 aromatic rings. The van der Waals surface area contributed by atoms with Crippen molar-refractivity contribution >= 4 is 9.84 Å². The summed E-state index contributed by atoms with van der Waals surface area (Å²) in [6, 6.07) is -0.0472. The van der Waals surface area contributed by atoms with Crippen LogP contribution in [0.2, 0.25) is 0 Å². The number of aromatic nitrogens is 3. The highest BCUT2D eigenvalue weighted by molar-refractivity contribution is 7.91. The largest absolute Gasteiger partial charge is 0.330 e. The summed E-state index contributed by atoms with van der Waals surface area (Å²) in [7, 11) is -2.86. The summed E-state index contributed by atoms with van der Waals surface area (Å²) >= 11 is 0. The first-order valence-electron chi connectivity index (χ1n) is 4.92. The van der Waals surface area contributed by atoms with E-state index in [1.54, 1.807) is 10.9 Å². The minimum atomic E-state index is -2.86. The fourth-order valence-corrected chi connectivity index (χ4v) is 3.44. The van der Waals surface area contributed by atoms with Crippen molar-refractivity contribution in [1.29, 1.82) is 0 Å². The van der Waals surface area contributed by atoms with Gasteiger partial charge in [0, 0.05) is 12.6 Å². The lowest BCUT2D eigenvalue weighted by Crippen LogP contribution is -2.11. The Hall–Kier alpha value is -0.950. The molecule has 0 saturated carbocycles. The van der Waals surface area contributed by atoms with E-state index in [1.807, 2.05) is 0 Å². The molecule has 1 aromatic heterocycles. The van der Waals surface area contributed by atoms with Crippen molar-refractivity contribution in [3.05, 3.63) is 11.9 Å². The smallest absolute Gasteiger partial charge is 0.152 e. The quantitative estimate of drug-likeness (QED) is 0.729. The molecule has 1 saturated heterocycles. The van der Waals surface area contributed by atoms with Gasteiger partial charge in [0.2, 0.25) is 0 Å². The van der Waals surface area contributed by atoms with E-state index in [2.05, 4.69) is 10.3 Å². The molecule has 1 atom stereocenters. The molecule has 2 rings (SSSR count). The van der Waals surface area contributed by atoms with Crippen LogP contribution in [0.25, 0.3) is 0 Å². The van der Waals surface area contributed by atoms with E-state index in [0.717, 1.165) is 5.69 Å². The lowest BCUT2D eigenvalue weighted by molar-refractivity contribution is 0.484. The van der Waals surface area contributed by atoms with Crippen LogP contribution in [0, 0.1) is 0 Å². The Morgan fingerprint density at radius 2 is 2.40 bits per heavy atom. The van der Waals surface area contributed by atoms with Crippen molar-refractivity contribution in [3.8, 4) is 0 Å². The number of hydrogen-bond acceptors (Lipinski definition) is 5. The van der Waals surface area contributed by atoms with Gasteiger partial charge in [-0.2, -0.15) is 0 Å². The highest BCUT2D eigenvalue weighted by Crippen LogP contribution is 2.22. The van der Waals surface area contributed by atoms with Crippen molar-refractivity contribution < 1.29 is 8.42 Å². The summed E-state index contributed by atoms with van der Waals surface area (Å²) in [6.45, 7) is 0.529. The second-order valence-corrected chi connectivity index (χ2v) is 6.01. The molecule has 0 amide bonds. The summed E-state index contributed by atoms with van der Waals surface area (Å²) in [6.07, 6.45) is 3.10. The van der Waals surface area contributed by atoms with Gasteiger partial charge in [-0.05, 0) is 13.0 Å². The minimum absolute atomic E-state index is 0.0472. The van der Waals surface area contributed by atoms with Crippen LogP contribution in [0.1, 0.15) is 18.2 Å². The molecular weight excluding hydrogens is 216 g/mol. The van der Waals surface area contributed by atoms with Crippen LogP contribution in [0.4, 0.5) is 0 Å². The predicted octanol–water partition coefficient (Wildman–Crippen LogP) is -0.861. The minimum Gasteiger partial charge on any atom is -0.330 e. The topological polar surface area (TPSA) is 90.9 Å². The van der Waals surface area contributed by atoms with Gasteiger partial charge in [-0.3, -0.25) is 0 Å². The Bertz CT molecular complexity index is 439. The van der Waals surface area contributed by atoms with E-state index >= 15 is 0 Å². The molecule has 1 aliphatic rings. The second-order valence-electron chi connectivity index (χ2n) is 3.79. The van der Waals surface area contributed by atoms with E-state index in [0.29, 0.717) is 19.4 Å². The Balaban J connectivity index is 2.10. The Labute approximate surface area is 88.4 Å². The summed E-state index contributed by atoms with van der Waals surface area (Å²) in [5.41, 5.74) is 6.21. The molecule has 0 spiro atoms. The zero-order valence-corrected chi connectivity index (χ0v) is 9.15. The normalized spacial score (nSPS) is 24.5. The van der Waals surface area contributed by atoms with Gasteiger partial charge < -0.3 is 5.73 Å². The lowest BCUT2D eigenvalue weighted by Gasteiger charge is -2.05. The molecule has 0 radical (unpaired) electrons. The van der Waals surface area contributed by atoms with Crippen LogP contribution >= 0.6 is 0 Å². The van der Waals surface area contributed by atoms with Gasteiger partial charge in [-0.15, -0.1) is 5.10 Å². The van der Waals surface area contributed by atoms with Gasteiger partial charge in [-0.25, -0.2) is 13.1 Å². The highest BCUT2D eigenvalue weighted by Gasteiger charge is 2.29. The molecule has 2 heterocycles. The molecule has 15 heavy (non-hydrogen) atoms. The highest BCUT2D eigenvalue weighted by atomic mass is 32.2. The number of rotatable bonds is 3. The average molecular weight is 230 g/mol. The van der Waals surface area contributed by atoms with Crippen molar-refractivity contribution in [1.82, 2.24) is 15.0 Å². The third-order valence-electron chi connectivity index (χ3n) is 2.54. The number of sulfone groups is 1. The van der Waals surface area contributed by atoms with Gasteiger partial charge in [-0.1, -0.05) is 5.21 Å². The molecule has 0 bridgehead atoms. The number of nitrogens with zero attached hydrogens (tertiary/aromatic N) is 3. The van der Waals surface area contributed by atoms with Crippen molar-refractivity contribution in [2.24, 2.45) is 5.73 Å². The van der Waals surface area contributed by atoms with E-state index < -0.39 is 9.84 Å². The fraction of sp³-hybridized carbons (Fsp3) is 0.750. The van der Waals surface area contributed by atoms with Crippen molar-refractivity contribution in [2.75, 3.05) is 18.1 Å². The predicted molar refractivity (Wildman–Crippen MR) is 55.1 cm³/mol. The SMILES string of the molecule is NCCc1cn(C2CCS(=O)(=O)C2)nn1. The summed E-state index contributed by atoms with van der Waals surface area (Å²) < 4.78 is 24.2. The van der Waals surface area contributed by atoms with Gasteiger partial charge >= 0.3 is 0 Å². The van der Waals surface area contributed by atoms with Crippen LogP contribution < -0.4 is 5.73 Å². The fourth-order valence-electron chi connectivity index (χ4n) is 1.74. The first-order valence-corrected chi connectivity index (χ1v) is 6.74. The van der Waals surface area contributed by atoms with Gasteiger partial charge in [0.25, 0.3) is 0 Å². The molecular formula is C8H14N4O2S.